The van der Waals surface area contributed by atoms with E-state index in [1.165, 1.54) is 0 Å². The first-order chi connectivity index (χ1) is 8.43. The van der Waals surface area contributed by atoms with E-state index >= 15 is 0 Å². The summed E-state index contributed by atoms with van der Waals surface area (Å²) >= 11 is 18.2. The third-order valence-electron chi connectivity index (χ3n) is 3.27. The number of hydrogen-bond donors (Lipinski definition) is 1. The van der Waals surface area contributed by atoms with E-state index in [9.17, 15) is 0 Å². The molecule has 1 unspecified atom stereocenters. The third-order valence-corrected chi connectivity index (χ3v) is 4.58. The Morgan fingerprint density at radius 2 is 1.94 bits per heavy atom. The van der Waals surface area contributed by atoms with Crippen molar-refractivity contribution in [1.82, 2.24) is 5.32 Å². The molecule has 2 nitrogen and oxygen atoms in total. The molecule has 5 heteroatoms. The van der Waals surface area contributed by atoms with Gasteiger partial charge in [0, 0.05) is 18.0 Å². The molecule has 1 heterocycles. The Morgan fingerprint density at radius 3 is 2.50 bits per heavy atom. The van der Waals surface area contributed by atoms with E-state index < -0.39 is 0 Å². The second-order valence-corrected chi connectivity index (χ2v) is 6.33. The molecule has 0 radical (unpaired) electrons. The number of nitrogens with one attached hydrogen (secondary N) is 1. The van der Waals surface area contributed by atoms with Crippen molar-refractivity contribution in [2.75, 3.05) is 19.8 Å². The van der Waals surface area contributed by atoms with Crippen molar-refractivity contribution in [3.8, 4) is 0 Å². The molecule has 0 saturated carbocycles. The van der Waals surface area contributed by atoms with Crippen molar-refractivity contribution >= 4 is 34.8 Å². The predicted molar refractivity (Wildman–Crippen MR) is 76.8 cm³/mol. The van der Waals surface area contributed by atoms with Gasteiger partial charge in [-0.05, 0) is 18.6 Å². The fourth-order valence-corrected chi connectivity index (χ4v) is 2.64. The lowest BCUT2D eigenvalue weighted by atomic mass is 9.88. The van der Waals surface area contributed by atoms with Gasteiger partial charge in [0.05, 0.1) is 28.3 Å². The predicted octanol–water partition coefficient (Wildman–Crippen LogP) is 4.33. The first-order valence-electron chi connectivity index (χ1n) is 5.87. The molecule has 1 aromatic carbocycles. The molecule has 1 aliphatic rings. The van der Waals surface area contributed by atoms with E-state index in [4.69, 9.17) is 39.5 Å². The number of ether oxygens (including phenoxy) is 1. The average Bonchev–Trinajstić information content (AvgIpc) is 2.31. The van der Waals surface area contributed by atoms with Crippen molar-refractivity contribution in [3.63, 3.8) is 0 Å². The SMILES string of the molecule is CC(NCC1(C)COC1)c1ccc(Cl)c(Cl)c1Cl. The summed E-state index contributed by atoms with van der Waals surface area (Å²) < 4.78 is 5.23. The van der Waals surface area contributed by atoms with Crippen LogP contribution in [-0.4, -0.2) is 19.8 Å². The first kappa shape index (κ1) is 14.4. The van der Waals surface area contributed by atoms with Gasteiger partial charge in [-0.3, -0.25) is 0 Å². The minimum atomic E-state index is 0.129. The smallest absolute Gasteiger partial charge is 0.0781 e. The van der Waals surface area contributed by atoms with Crippen molar-refractivity contribution in [2.45, 2.75) is 19.9 Å². The topological polar surface area (TPSA) is 21.3 Å². The van der Waals surface area contributed by atoms with E-state index in [0.29, 0.717) is 15.1 Å². The summed E-state index contributed by atoms with van der Waals surface area (Å²) in [6.07, 6.45) is 0. The highest BCUT2D eigenvalue weighted by molar-refractivity contribution is 6.48. The van der Waals surface area contributed by atoms with Gasteiger partial charge in [0.1, 0.15) is 0 Å². The zero-order valence-corrected chi connectivity index (χ0v) is 12.7. The summed E-state index contributed by atoms with van der Waals surface area (Å²) in [6, 6.07) is 3.82. The lowest BCUT2D eigenvalue weighted by Crippen LogP contribution is -2.47. The Balaban J connectivity index is 2.04. The van der Waals surface area contributed by atoms with E-state index in [1.807, 2.05) is 6.07 Å². The number of benzene rings is 1. The van der Waals surface area contributed by atoms with Crippen LogP contribution < -0.4 is 5.32 Å². The summed E-state index contributed by atoms with van der Waals surface area (Å²) in [4.78, 5) is 0. The second-order valence-electron chi connectivity index (χ2n) is 5.17. The minimum absolute atomic E-state index is 0.129. The quantitative estimate of drug-likeness (QED) is 0.836. The molecule has 0 bridgehead atoms. The molecule has 1 saturated heterocycles. The summed E-state index contributed by atoms with van der Waals surface area (Å²) in [5.74, 6) is 0. The van der Waals surface area contributed by atoms with Crippen molar-refractivity contribution in [2.24, 2.45) is 5.41 Å². The largest absolute Gasteiger partial charge is 0.380 e. The molecule has 18 heavy (non-hydrogen) atoms. The van der Waals surface area contributed by atoms with Gasteiger partial charge in [0.2, 0.25) is 0 Å². The van der Waals surface area contributed by atoms with Crippen molar-refractivity contribution in [3.05, 3.63) is 32.8 Å². The Kier molecular flexibility index (Phi) is 4.45. The van der Waals surface area contributed by atoms with Crippen LogP contribution in [0.2, 0.25) is 15.1 Å². The summed E-state index contributed by atoms with van der Waals surface area (Å²) in [5, 5.41) is 4.89. The lowest BCUT2D eigenvalue weighted by Gasteiger charge is -2.39. The summed E-state index contributed by atoms with van der Waals surface area (Å²) in [5.41, 5.74) is 1.20. The Hall–Kier alpha value is 0.01000. The second kappa shape index (κ2) is 5.56. The van der Waals surface area contributed by atoms with Gasteiger partial charge in [0.15, 0.2) is 0 Å². The Morgan fingerprint density at radius 1 is 1.28 bits per heavy atom. The van der Waals surface area contributed by atoms with Crippen LogP contribution in [0.1, 0.15) is 25.5 Å². The molecular formula is C13H16Cl3NO. The van der Waals surface area contributed by atoms with Crippen molar-refractivity contribution in [1.29, 1.82) is 0 Å². The molecule has 0 spiro atoms. The minimum Gasteiger partial charge on any atom is -0.380 e. The molecule has 1 aromatic rings. The highest BCUT2D eigenvalue weighted by Gasteiger charge is 2.33. The fraction of sp³-hybridized carbons (Fsp3) is 0.538. The van der Waals surface area contributed by atoms with Gasteiger partial charge in [-0.2, -0.15) is 0 Å². The zero-order chi connectivity index (χ0) is 13.3. The molecular weight excluding hydrogens is 293 g/mol. The van der Waals surface area contributed by atoms with Gasteiger partial charge in [-0.15, -0.1) is 0 Å². The van der Waals surface area contributed by atoms with Crippen LogP contribution >= 0.6 is 34.8 Å². The van der Waals surface area contributed by atoms with Crippen LogP contribution in [0.15, 0.2) is 12.1 Å². The van der Waals surface area contributed by atoms with Crippen molar-refractivity contribution < 1.29 is 4.74 Å². The Bertz CT molecular complexity index is 446. The van der Waals surface area contributed by atoms with Gasteiger partial charge in [-0.25, -0.2) is 0 Å². The van der Waals surface area contributed by atoms with Crippen LogP contribution in [0.3, 0.4) is 0 Å². The van der Waals surface area contributed by atoms with E-state index in [-0.39, 0.29) is 11.5 Å². The maximum absolute atomic E-state index is 6.21. The normalized spacial score (nSPS) is 19.4. The molecule has 1 aliphatic heterocycles. The average molecular weight is 309 g/mol. The lowest BCUT2D eigenvalue weighted by molar-refractivity contribution is -0.0999. The number of rotatable bonds is 4. The van der Waals surface area contributed by atoms with Gasteiger partial charge >= 0.3 is 0 Å². The maximum atomic E-state index is 6.21. The summed E-state index contributed by atoms with van der Waals surface area (Å²) in [6.45, 7) is 6.77. The fourth-order valence-electron chi connectivity index (χ4n) is 1.94. The molecule has 0 aromatic heterocycles. The monoisotopic (exact) mass is 307 g/mol. The molecule has 2 rings (SSSR count). The summed E-state index contributed by atoms with van der Waals surface area (Å²) in [7, 11) is 0. The van der Waals surface area contributed by atoms with Crippen LogP contribution in [0, 0.1) is 5.41 Å². The molecule has 1 fully saturated rings. The Labute approximate surface area is 123 Å². The maximum Gasteiger partial charge on any atom is 0.0781 e. The van der Waals surface area contributed by atoms with E-state index in [1.54, 1.807) is 6.07 Å². The number of hydrogen-bond acceptors (Lipinski definition) is 2. The van der Waals surface area contributed by atoms with Crippen LogP contribution in [0.5, 0.6) is 0 Å². The van der Waals surface area contributed by atoms with E-state index in [0.717, 1.165) is 25.3 Å². The molecule has 0 aliphatic carbocycles. The standard InChI is InChI=1S/C13H16Cl3NO/c1-8(17-5-13(2)6-18-7-13)9-3-4-10(14)12(16)11(9)15/h3-4,8,17H,5-7H2,1-2H3. The third kappa shape index (κ3) is 2.94. The van der Waals surface area contributed by atoms with Crippen LogP contribution in [-0.2, 0) is 4.74 Å². The van der Waals surface area contributed by atoms with E-state index in [2.05, 4.69) is 19.2 Å². The highest BCUT2D eigenvalue weighted by atomic mass is 35.5. The number of halogens is 3. The first-order valence-corrected chi connectivity index (χ1v) is 7.01. The van der Waals surface area contributed by atoms with Crippen LogP contribution in [0.4, 0.5) is 0 Å². The molecule has 1 N–H and O–H groups in total. The molecule has 1 atom stereocenters. The van der Waals surface area contributed by atoms with Gasteiger partial charge in [-0.1, -0.05) is 47.8 Å². The van der Waals surface area contributed by atoms with Gasteiger partial charge < -0.3 is 10.1 Å². The van der Waals surface area contributed by atoms with Gasteiger partial charge in [0.25, 0.3) is 0 Å². The molecule has 0 amide bonds. The zero-order valence-electron chi connectivity index (χ0n) is 10.4. The molecule has 100 valence electrons. The highest BCUT2D eigenvalue weighted by Crippen LogP contribution is 2.35. The van der Waals surface area contributed by atoms with Crippen LogP contribution in [0.25, 0.3) is 0 Å².